The summed E-state index contributed by atoms with van der Waals surface area (Å²) in [6.07, 6.45) is 1.77. The van der Waals surface area contributed by atoms with E-state index in [1.54, 1.807) is 13.4 Å². The standard InChI is InChI=1S/C14H19N3O/c1-10-6-7-11(8-12(10)18-5)13-16-15-9-17(13)14(2,3)4/h6-9H,1-5H3. The van der Waals surface area contributed by atoms with Gasteiger partial charge in [-0.25, -0.2) is 0 Å². The van der Waals surface area contributed by atoms with Crippen molar-refractivity contribution in [2.75, 3.05) is 7.11 Å². The highest BCUT2D eigenvalue weighted by Crippen LogP contribution is 2.28. The summed E-state index contributed by atoms with van der Waals surface area (Å²) < 4.78 is 7.42. The molecule has 0 amide bonds. The molecule has 0 spiro atoms. The van der Waals surface area contributed by atoms with Gasteiger partial charge in [0.15, 0.2) is 5.82 Å². The van der Waals surface area contributed by atoms with Crippen molar-refractivity contribution >= 4 is 0 Å². The lowest BCUT2D eigenvalue weighted by molar-refractivity contribution is 0.399. The Morgan fingerprint density at radius 3 is 2.56 bits per heavy atom. The lowest BCUT2D eigenvalue weighted by atomic mass is 10.1. The zero-order valence-corrected chi connectivity index (χ0v) is 11.6. The molecule has 1 heterocycles. The van der Waals surface area contributed by atoms with E-state index >= 15 is 0 Å². The maximum absolute atomic E-state index is 5.35. The third-order valence-corrected chi connectivity index (χ3v) is 2.94. The molecule has 0 radical (unpaired) electrons. The second-order valence-corrected chi connectivity index (χ2v) is 5.38. The molecule has 2 rings (SSSR count). The lowest BCUT2D eigenvalue weighted by Crippen LogP contribution is -2.21. The fourth-order valence-corrected chi connectivity index (χ4v) is 1.88. The molecule has 0 aliphatic heterocycles. The van der Waals surface area contributed by atoms with Crippen molar-refractivity contribution in [2.45, 2.75) is 33.2 Å². The molecule has 0 fully saturated rings. The molecule has 0 unspecified atom stereocenters. The van der Waals surface area contributed by atoms with Crippen LogP contribution in [0.2, 0.25) is 0 Å². The highest BCUT2D eigenvalue weighted by atomic mass is 16.5. The number of benzene rings is 1. The monoisotopic (exact) mass is 245 g/mol. The molecule has 2 aromatic rings. The van der Waals surface area contributed by atoms with Gasteiger partial charge in [-0.05, 0) is 39.3 Å². The molecule has 0 atom stereocenters. The van der Waals surface area contributed by atoms with Crippen molar-refractivity contribution in [1.82, 2.24) is 14.8 Å². The lowest BCUT2D eigenvalue weighted by Gasteiger charge is -2.22. The van der Waals surface area contributed by atoms with E-state index in [1.165, 1.54) is 0 Å². The van der Waals surface area contributed by atoms with E-state index in [0.717, 1.165) is 22.7 Å². The Morgan fingerprint density at radius 1 is 1.22 bits per heavy atom. The van der Waals surface area contributed by atoms with Crippen LogP contribution < -0.4 is 4.74 Å². The summed E-state index contributed by atoms with van der Waals surface area (Å²) in [6.45, 7) is 8.42. The number of ether oxygens (including phenoxy) is 1. The maximum Gasteiger partial charge on any atom is 0.164 e. The molecule has 0 N–H and O–H groups in total. The quantitative estimate of drug-likeness (QED) is 0.816. The van der Waals surface area contributed by atoms with Crippen LogP contribution in [0.4, 0.5) is 0 Å². The predicted octanol–water partition coefficient (Wildman–Crippen LogP) is 3.02. The summed E-state index contributed by atoms with van der Waals surface area (Å²) in [6, 6.07) is 6.08. The molecule has 0 aliphatic rings. The van der Waals surface area contributed by atoms with Gasteiger partial charge in [-0.15, -0.1) is 10.2 Å². The molecular formula is C14H19N3O. The average Bonchev–Trinajstić information content (AvgIpc) is 2.78. The van der Waals surface area contributed by atoms with Crippen molar-refractivity contribution in [3.63, 3.8) is 0 Å². The van der Waals surface area contributed by atoms with Gasteiger partial charge in [0.1, 0.15) is 12.1 Å². The van der Waals surface area contributed by atoms with Crippen LogP contribution in [-0.4, -0.2) is 21.9 Å². The van der Waals surface area contributed by atoms with Crippen LogP contribution >= 0.6 is 0 Å². The Morgan fingerprint density at radius 2 is 1.94 bits per heavy atom. The second-order valence-electron chi connectivity index (χ2n) is 5.38. The van der Waals surface area contributed by atoms with E-state index in [1.807, 2.05) is 25.1 Å². The summed E-state index contributed by atoms with van der Waals surface area (Å²) >= 11 is 0. The Labute approximate surface area is 108 Å². The van der Waals surface area contributed by atoms with Crippen LogP contribution in [0.25, 0.3) is 11.4 Å². The Hall–Kier alpha value is -1.84. The minimum absolute atomic E-state index is 0.0447. The second kappa shape index (κ2) is 4.44. The topological polar surface area (TPSA) is 39.9 Å². The van der Waals surface area contributed by atoms with Gasteiger partial charge < -0.3 is 9.30 Å². The molecule has 96 valence electrons. The number of aryl methyl sites for hydroxylation is 1. The van der Waals surface area contributed by atoms with Gasteiger partial charge in [0.2, 0.25) is 0 Å². The number of methoxy groups -OCH3 is 1. The fraction of sp³-hybridized carbons (Fsp3) is 0.429. The van der Waals surface area contributed by atoms with Crippen LogP contribution in [0.1, 0.15) is 26.3 Å². The van der Waals surface area contributed by atoms with Crippen LogP contribution in [0.15, 0.2) is 24.5 Å². The number of hydrogen-bond donors (Lipinski definition) is 0. The summed E-state index contributed by atoms with van der Waals surface area (Å²) in [4.78, 5) is 0. The van der Waals surface area contributed by atoms with E-state index in [9.17, 15) is 0 Å². The van der Waals surface area contributed by atoms with Gasteiger partial charge in [-0.2, -0.15) is 0 Å². The Bertz CT molecular complexity index is 552. The molecule has 1 aromatic carbocycles. The van der Waals surface area contributed by atoms with Crippen LogP contribution in [-0.2, 0) is 5.54 Å². The molecule has 4 nitrogen and oxygen atoms in total. The number of aromatic nitrogens is 3. The molecule has 4 heteroatoms. The Kier molecular flexibility index (Phi) is 3.11. The SMILES string of the molecule is COc1cc(-c2nncn2C(C)(C)C)ccc1C. The molecule has 0 aliphatic carbocycles. The van der Waals surface area contributed by atoms with Crippen molar-refractivity contribution in [2.24, 2.45) is 0 Å². The van der Waals surface area contributed by atoms with Gasteiger partial charge in [0, 0.05) is 11.1 Å². The van der Waals surface area contributed by atoms with Crippen molar-refractivity contribution in [1.29, 1.82) is 0 Å². The van der Waals surface area contributed by atoms with Crippen molar-refractivity contribution < 1.29 is 4.74 Å². The summed E-state index contributed by atoms with van der Waals surface area (Å²) in [7, 11) is 1.68. The highest BCUT2D eigenvalue weighted by molar-refractivity contribution is 5.59. The van der Waals surface area contributed by atoms with E-state index < -0.39 is 0 Å². The number of hydrogen-bond acceptors (Lipinski definition) is 3. The first kappa shape index (κ1) is 12.6. The summed E-state index contributed by atoms with van der Waals surface area (Å²) in [5, 5.41) is 8.23. The smallest absolute Gasteiger partial charge is 0.164 e. The van der Waals surface area contributed by atoms with Crippen LogP contribution in [0.5, 0.6) is 5.75 Å². The predicted molar refractivity (Wildman–Crippen MR) is 71.7 cm³/mol. The first-order chi connectivity index (χ1) is 8.43. The zero-order chi connectivity index (χ0) is 13.3. The van der Waals surface area contributed by atoms with E-state index in [4.69, 9.17) is 4.74 Å². The first-order valence-electron chi connectivity index (χ1n) is 5.99. The molecule has 1 aromatic heterocycles. The summed E-state index contributed by atoms with van der Waals surface area (Å²) in [5.41, 5.74) is 2.09. The van der Waals surface area contributed by atoms with Crippen molar-refractivity contribution in [3.05, 3.63) is 30.1 Å². The molecule has 0 bridgehead atoms. The van der Waals surface area contributed by atoms with Gasteiger partial charge >= 0.3 is 0 Å². The zero-order valence-electron chi connectivity index (χ0n) is 11.6. The van der Waals surface area contributed by atoms with Crippen LogP contribution in [0, 0.1) is 6.92 Å². The van der Waals surface area contributed by atoms with Gasteiger partial charge in [0.25, 0.3) is 0 Å². The third-order valence-electron chi connectivity index (χ3n) is 2.94. The van der Waals surface area contributed by atoms with Crippen molar-refractivity contribution in [3.8, 4) is 17.1 Å². The molecule has 0 saturated heterocycles. The van der Waals surface area contributed by atoms with Gasteiger partial charge in [0.05, 0.1) is 7.11 Å². The summed E-state index contributed by atoms with van der Waals surface area (Å²) in [5.74, 6) is 1.73. The Balaban J connectivity index is 2.53. The van der Waals surface area contributed by atoms with E-state index in [2.05, 4.69) is 35.5 Å². The number of rotatable bonds is 2. The molecule has 0 saturated carbocycles. The highest BCUT2D eigenvalue weighted by Gasteiger charge is 2.19. The third kappa shape index (κ3) is 2.23. The number of nitrogens with zero attached hydrogens (tertiary/aromatic N) is 3. The first-order valence-corrected chi connectivity index (χ1v) is 5.99. The maximum atomic E-state index is 5.35. The fourth-order valence-electron chi connectivity index (χ4n) is 1.88. The minimum atomic E-state index is -0.0447. The largest absolute Gasteiger partial charge is 0.496 e. The molecule has 18 heavy (non-hydrogen) atoms. The van der Waals surface area contributed by atoms with Gasteiger partial charge in [-0.3, -0.25) is 0 Å². The van der Waals surface area contributed by atoms with Gasteiger partial charge in [-0.1, -0.05) is 12.1 Å². The van der Waals surface area contributed by atoms with E-state index in [-0.39, 0.29) is 5.54 Å². The van der Waals surface area contributed by atoms with Crippen LogP contribution in [0.3, 0.4) is 0 Å². The van der Waals surface area contributed by atoms with E-state index in [0.29, 0.717) is 0 Å². The average molecular weight is 245 g/mol. The minimum Gasteiger partial charge on any atom is -0.496 e. The normalized spacial score (nSPS) is 11.6. The molecular weight excluding hydrogens is 226 g/mol.